The number of carbonyl (C=O) groups is 1. The van der Waals surface area contributed by atoms with Crippen LogP contribution in [0.1, 0.15) is 5.56 Å². The lowest BCUT2D eigenvalue weighted by Gasteiger charge is -2.11. The van der Waals surface area contributed by atoms with Crippen LogP contribution in [0.15, 0.2) is 24.3 Å². The summed E-state index contributed by atoms with van der Waals surface area (Å²) in [6.45, 7) is 1.91. The number of hydrogen-bond donors (Lipinski definition) is 0. The highest BCUT2D eigenvalue weighted by Gasteiger charge is 2.09. The van der Waals surface area contributed by atoms with Crippen molar-refractivity contribution in [2.45, 2.75) is 6.92 Å². The van der Waals surface area contributed by atoms with Crippen LogP contribution in [-0.4, -0.2) is 13.1 Å². The summed E-state index contributed by atoms with van der Waals surface area (Å²) >= 11 is 0. The zero-order chi connectivity index (χ0) is 9.14. The van der Waals surface area contributed by atoms with Crippen LogP contribution in [0, 0.1) is 6.92 Å². The molecule has 1 aromatic carbocycles. The van der Waals surface area contributed by atoms with Crippen LogP contribution in [-0.2, 0) is 5.11 Å². The van der Waals surface area contributed by atoms with Crippen molar-refractivity contribution < 1.29 is 9.90 Å². The fourth-order valence-electron chi connectivity index (χ4n) is 0.942. The normalized spacial score (nSPS) is 9.50. The summed E-state index contributed by atoms with van der Waals surface area (Å²) in [5.41, 5.74) is 1.66. The molecule has 0 fully saturated rings. The monoisotopic (exact) mass is 164 g/mol. The van der Waals surface area contributed by atoms with E-state index in [-0.39, 0.29) is 0 Å². The highest BCUT2D eigenvalue weighted by molar-refractivity contribution is 5.84. The number of nitrogens with zero attached hydrogens (tertiary/aromatic N) is 1. The number of rotatable bonds is 1. The van der Waals surface area contributed by atoms with Crippen molar-refractivity contribution in [3.05, 3.63) is 29.8 Å². The van der Waals surface area contributed by atoms with Crippen LogP contribution in [0.2, 0.25) is 0 Å². The van der Waals surface area contributed by atoms with Gasteiger partial charge in [-0.1, -0.05) is 12.1 Å². The molecule has 0 aliphatic heterocycles. The van der Waals surface area contributed by atoms with Crippen molar-refractivity contribution in [2.24, 2.45) is 0 Å². The summed E-state index contributed by atoms with van der Waals surface area (Å²) in [5.74, 6) is 0. The Morgan fingerprint density at radius 1 is 1.42 bits per heavy atom. The van der Waals surface area contributed by atoms with Crippen molar-refractivity contribution in [3.8, 4) is 0 Å². The highest BCUT2D eigenvalue weighted by atomic mass is 16.4. The Kier molecular flexibility index (Phi) is 2.33. The van der Waals surface area contributed by atoms with Gasteiger partial charge in [0, 0.05) is 12.7 Å². The molecule has 0 unspecified atom stereocenters. The van der Waals surface area contributed by atoms with Crippen LogP contribution in [0.5, 0.6) is 0 Å². The lowest BCUT2D eigenvalue weighted by Crippen LogP contribution is -2.22. The Morgan fingerprint density at radius 2 is 2.08 bits per heavy atom. The third-order valence-electron chi connectivity index (χ3n) is 1.66. The lowest BCUT2D eigenvalue weighted by atomic mass is 10.2. The fraction of sp³-hybridized carbons (Fsp3) is 0.222. The van der Waals surface area contributed by atoms with Gasteiger partial charge in [-0.25, -0.2) is 9.90 Å². The van der Waals surface area contributed by atoms with Crippen molar-refractivity contribution in [2.75, 3.05) is 11.9 Å². The van der Waals surface area contributed by atoms with Crippen molar-refractivity contribution >= 4 is 11.8 Å². The number of amides is 1. The van der Waals surface area contributed by atoms with Crippen molar-refractivity contribution in [1.82, 2.24) is 0 Å². The smallest absolute Gasteiger partial charge is 0.278 e. The number of anilines is 1. The molecule has 0 heterocycles. The second-order valence-corrected chi connectivity index (χ2v) is 2.66. The lowest BCUT2D eigenvalue weighted by molar-refractivity contribution is 0.178. The van der Waals surface area contributed by atoms with E-state index in [0.717, 1.165) is 10.5 Å². The summed E-state index contributed by atoms with van der Waals surface area (Å²) in [4.78, 5) is 11.5. The topological polar surface area (TPSA) is 40.2 Å². The van der Waals surface area contributed by atoms with Gasteiger partial charge in [-0.2, -0.15) is 0 Å². The van der Waals surface area contributed by atoms with E-state index in [0.29, 0.717) is 5.69 Å². The number of aryl methyl sites for hydroxylation is 1. The molecule has 0 spiro atoms. The van der Waals surface area contributed by atoms with E-state index >= 15 is 0 Å². The van der Waals surface area contributed by atoms with Gasteiger partial charge in [0.15, 0.2) is 0 Å². The van der Waals surface area contributed by atoms with E-state index in [9.17, 15) is 9.90 Å². The molecule has 0 aromatic heterocycles. The Bertz CT molecular complexity index is 296. The summed E-state index contributed by atoms with van der Waals surface area (Å²) < 4.78 is 0. The maximum atomic E-state index is 10.4. The molecule has 1 aromatic rings. The predicted molar refractivity (Wildman–Crippen MR) is 45.7 cm³/mol. The van der Waals surface area contributed by atoms with Gasteiger partial charge in [-0.3, -0.25) is 4.90 Å². The van der Waals surface area contributed by atoms with Crippen LogP contribution in [0.4, 0.5) is 10.5 Å². The molecule has 1 radical (unpaired) electrons. The first-order chi connectivity index (χ1) is 5.61. The minimum absolute atomic E-state index is 0.634. The molecule has 0 saturated heterocycles. The summed E-state index contributed by atoms with van der Waals surface area (Å²) in [5, 5.41) is 10.4. The van der Waals surface area contributed by atoms with E-state index < -0.39 is 6.09 Å². The number of carbonyl (C=O) groups excluding carboxylic acids is 1. The van der Waals surface area contributed by atoms with Crippen LogP contribution in [0.25, 0.3) is 0 Å². The average Bonchev–Trinajstić information content (AvgIpc) is 2.03. The average molecular weight is 164 g/mol. The van der Waals surface area contributed by atoms with Gasteiger partial charge in [-0.15, -0.1) is 0 Å². The van der Waals surface area contributed by atoms with Gasteiger partial charge < -0.3 is 0 Å². The molecular formula is C9H10NO2. The van der Waals surface area contributed by atoms with Gasteiger partial charge in [0.2, 0.25) is 0 Å². The summed E-state index contributed by atoms with van der Waals surface area (Å²) in [6.07, 6.45) is -1.19. The van der Waals surface area contributed by atoms with E-state index in [4.69, 9.17) is 0 Å². The molecule has 0 atom stereocenters. The number of hydrogen-bond acceptors (Lipinski definition) is 1. The third kappa shape index (κ3) is 1.75. The molecule has 0 aliphatic rings. The van der Waals surface area contributed by atoms with Crippen LogP contribution >= 0.6 is 0 Å². The second-order valence-electron chi connectivity index (χ2n) is 2.66. The highest BCUT2D eigenvalue weighted by Crippen LogP contribution is 2.13. The molecule has 0 bridgehead atoms. The van der Waals surface area contributed by atoms with Gasteiger partial charge >= 0.3 is 6.09 Å². The first-order valence-corrected chi connectivity index (χ1v) is 3.62. The fourth-order valence-corrected chi connectivity index (χ4v) is 0.942. The molecular weight excluding hydrogens is 154 g/mol. The maximum Gasteiger partial charge on any atom is 0.457 e. The predicted octanol–water partition coefficient (Wildman–Crippen LogP) is 1.98. The van der Waals surface area contributed by atoms with E-state index in [1.54, 1.807) is 12.1 Å². The molecule has 0 aliphatic carbocycles. The largest absolute Gasteiger partial charge is 0.457 e. The Balaban J connectivity index is 2.95. The Morgan fingerprint density at radius 3 is 2.58 bits per heavy atom. The SMILES string of the molecule is Cc1cccc(N(C)C([O])=O)c1. The molecule has 12 heavy (non-hydrogen) atoms. The molecule has 0 saturated carbocycles. The molecule has 1 rings (SSSR count). The molecule has 63 valence electrons. The molecule has 1 amide bonds. The zero-order valence-electron chi connectivity index (χ0n) is 7.07. The van der Waals surface area contributed by atoms with Crippen molar-refractivity contribution in [1.29, 1.82) is 0 Å². The Labute approximate surface area is 71.2 Å². The quantitative estimate of drug-likeness (QED) is 0.625. The van der Waals surface area contributed by atoms with Crippen molar-refractivity contribution in [3.63, 3.8) is 0 Å². The Hall–Kier alpha value is -1.51. The second kappa shape index (κ2) is 3.26. The van der Waals surface area contributed by atoms with Gasteiger partial charge in [0.1, 0.15) is 0 Å². The van der Waals surface area contributed by atoms with E-state index in [1.807, 2.05) is 19.1 Å². The maximum absolute atomic E-state index is 10.4. The standard InChI is InChI=1S/C9H10NO2/c1-7-4-3-5-8(6-7)10(2)9(11)12/h3-6H,1-2H3. The zero-order valence-corrected chi connectivity index (χ0v) is 7.07. The third-order valence-corrected chi connectivity index (χ3v) is 1.66. The van der Waals surface area contributed by atoms with Crippen LogP contribution < -0.4 is 4.90 Å². The summed E-state index contributed by atoms with van der Waals surface area (Å²) in [7, 11) is 1.46. The van der Waals surface area contributed by atoms with E-state index in [2.05, 4.69) is 0 Å². The van der Waals surface area contributed by atoms with Gasteiger partial charge in [0.05, 0.1) is 0 Å². The van der Waals surface area contributed by atoms with E-state index in [1.165, 1.54) is 7.05 Å². The first kappa shape index (κ1) is 8.59. The molecule has 3 heteroatoms. The van der Waals surface area contributed by atoms with Crippen LogP contribution in [0.3, 0.4) is 0 Å². The minimum Gasteiger partial charge on any atom is -0.278 e. The first-order valence-electron chi connectivity index (χ1n) is 3.62. The molecule has 0 N–H and O–H groups in total. The summed E-state index contributed by atoms with van der Waals surface area (Å²) in [6, 6.07) is 7.23. The minimum atomic E-state index is -1.19. The van der Waals surface area contributed by atoms with Gasteiger partial charge in [0.25, 0.3) is 0 Å². The molecule has 3 nitrogen and oxygen atoms in total. The van der Waals surface area contributed by atoms with Gasteiger partial charge in [-0.05, 0) is 24.6 Å². The number of benzene rings is 1.